The molecule has 19 heavy (non-hydrogen) atoms. The second kappa shape index (κ2) is 6.29. The van der Waals surface area contributed by atoms with Crippen molar-refractivity contribution in [3.63, 3.8) is 0 Å². The van der Waals surface area contributed by atoms with E-state index in [4.69, 9.17) is 15.2 Å². The van der Waals surface area contributed by atoms with Crippen LogP contribution in [0.1, 0.15) is 12.5 Å². The van der Waals surface area contributed by atoms with E-state index in [2.05, 4.69) is 9.69 Å². The van der Waals surface area contributed by atoms with E-state index in [0.717, 1.165) is 16.3 Å². The molecule has 0 atom stereocenters. The molecule has 0 bridgehead atoms. The second-order valence-corrected chi connectivity index (χ2v) is 4.60. The molecular formula is C13H17N3O2S. The van der Waals surface area contributed by atoms with Crippen molar-refractivity contribution in [2.45, 2.75) is 13.5 Å². The molecular weight excluding hydrogens is 262 g/mol. The van der Waals surface area contributed by atoms with Gasteiger partial charge in [-0.25, -0.2) is 0 Å². The molecule has 3 N–H and O–H groups in total. The van der Waals surface area contributed by atoms with Gasteiger partial charge in [-0.05, 0) is 24.5 Å². The van der Waals surface area contributed by atoms with Gasteiger partial charge in [0.25, 0.3) is 0 Å². The molecule has 0 aliphatic heterocycles. The molecule has 0 saturated carbocycles. The summed E-state index contributed by atoms with van der Waals surface area (Å²) in [5.41, 5.74) is 6.83. The van der Waals surface area contributed by atoms with Crippen molar-refractivity contribution in [3.8, 4) is 11.5 Å². The third kappa shape index (κ3) is 3.08. The van der Waals surface area contributed by atoms with Crippen molar-refractivity contribution in [1.82, 2.24) is 4.37 Å². The summed E-state index contributed by atoms with van der Waals surface area (Å²) in [5.74, 6) is 1.90. The number of aromatic nitrogens is 1. The number of ether oxygens (including phenoxy) is 2. The van der Waals surface area contributed by atoms with Crippen LogP contribution in [-0.2, 0) is 6.54 Å². The Bertz CT molecular complexity index is 542. The van der Waals surface area contributed by atoms with Crippen molar-refractivity contribution in [2.24, 2.45) is 0 Å². The number of hydrogen-bond donors (Lipinski definition) is 2. The lowest BCUT2D eigenvalue weighted by molar-refractivity contribution is 0.344. The van der Waals surface area contributed by atoms with E-state index >= 15 is 0 Å². The summed E-state index contributed by atoms with van der Waals surface area (Å²) in [6.45, 7) is 3.11. The number of benzene rings is 1. The Morgan fingerprint density at radius 1 is 1.37 bits per heavy atom. The van der Waals surface area contributed by atoms with Gasteiger partial charge >= 0.3 is 0 Å². The van der Waals surface area contributed by atoms with Gasteiger partial charge in [-0.1, -0.05) is 18.2 Å². The zero-order chi connectivity index (χ0) is 13.7. The van der Waals surface area contributed by atoms with Crippen LogP contribution in [0.15, 0.2) is 24.3 Å². The molecule has 0 amide bonds. The maximum Gasteiger partial charge on any atom is 0.197 e. The molecule has 0 fully saturated rings. The van der Waals surface area contributed by atoms with Gasteiger partial charge < -0.3 is 20.5 Å². The Morgan fingerprint density at radius 3 is 2.89 bits per heavy atom. The molecule has 6 heteroatoms. The van der Waals surface area contributed by atoms with Crippen LogP contribution in [0.25, 0.3) is 0 Å². The van der Waals surface area contributed by atoms with Crippen LogP contribution in [0.4, 0.5) is 10.8 Å². The van der Waals surface area contributed by atoms with Crippen molar-refractivity contribution >= 4 is 22.4 Å². The summed E-state index contributed by atoms with van der Waals surface area (Å²) in [6, 6.07) is 7.86. The molecule has 2 aromatic rings. The summed E-state index contributed by atoms with van der Waals surface area (Å²) in [4.78, 5) is 0. The molecule has 1 heterocycles. The molecule has 0 aliphatic carbocycles. The zero-order valence-electron chi connectivity index (χ0n) is 11.0. The first-order chi connectivity index (χ1) is 9.26. The summed E-state index contributed by atoms with van der Waals surface area (Å²) in [5, 5.41) is 4.12. The SMILES string of the molecule is CCOc1c(N)nsc1NCc1ccccc1OC. The largest absolute Gasteiger partial charge is 0.496 e. The van der Waals surface area contributed by atoms with Crippen LogP contribution in [0, 0.1) is 0 Å². The number of rotatable bonds is 6. The van der Waals surface area contributed by atoms with E-state index < -0.39 is 0 Å². The first-order valence-electron chi connectivity index (χ1n) is 6.00. The molecule has 0 saturated heterocycles. The highest BCUT2D eigenvalue weighted by atomic mass is 32.1. The van der Waals surface area contributed by atoms with Crippen molar-refractivity contribution in [1.29, 1.82) is 0 Å². The minimum Gasteiger partial charge on any atom is -0.496 e. The lowest BCUT2D eigenvalue weighted by Crippen LogP contribution is -2.03. The first-order valence-corrected chi connectivity index (χ1v) is 6.77. The predicted octanol–water partition coefficient (Wildman–Crippen LogP) is 2.74. The average molecular weight is 279 g/mol. The van der Waals surface area contributed by atoms with E-state index in [1.54, 1.807) is 7.11 Å². The van der Waals surface area contributed by atoms with E-state index in [0.29, 0.717) is 24.7 Å². The van der Waals surface area contributed by atoms with Gasteiger partial charge in [-0.15, -0.1) is 0 Å². The van der Waals surface area contributed by atoms with Crippen molar-refractivity contribution in [3.05, 3.63) is 29.8 Å². The highest BCUT2D eigenvalue weighted by Gasteiger charge is 2.12. The fourth-order valence-corrected chi connectivity index (χ4v) is 2.37. The standard InChI is InChI=1S/C13H17N3O2S/c1-3-18-11-12(14)16-19-13(11)15-8-9-6-4-5-7-10(9)17-2/h4-7,15H,3,8H2,1-2H3,(H2,14,16). The van der Waals surface area contributed by atoms with Crippen LogP contribution >= 0.6 is 11.5 Å². The maximum atomic E-state index is 5.76. The molecule has 102 valence electrons. The fourth-order valence-electron chi connectivity index (χ4n) is 1.71. The quantitative estimate of drug-likeness (QED) is 0.851. The van der Waals surface area contributed by atoms with Gasteiger partial charge in [0.15, 0.2) is 16.6 Å². The third-order valence-corrected chi connectivity index (χ3v) is 3.40. The number of anilines is 2. The monoisotopic (exact) mass is 279 g/mol. The second-order valence-electron chi connectivity index (χ2n) is 3.82. The smallest absolute Gasteiger partial charge is 0.197 e. The summed E-state index contributed by atoms with van der Waals surface area (Å²) in [6.07, 6.45) is 0. The summed E-state index contributed by atoms with van der Waals surface area (Å²) >= 11 is 1.30. The Hall–Kier alpha value is -1.95. The van der Waals surface area contributed by atoms with Gasteiger partial charge in [0, 0.05) is 12.1 Å². The van der Waals surface area contributed by atoms with Crippen LogP contribution < -0.4 is 20.5 Å². The third-order valence-electron chi connectivity index (χ3n) is 2.59. The molecule has 0 radical (unpaired) electrons. The lowest BCUT2D eigenvalue weighted by Gasteiger charge is -2.10. The average Bonchev–Trinajstić information content (AvgIpc) is 2.78. The minimum absolute atomic E-state index is 0.425. The number of nitrogens with one attached hydrogen (secondary N) is 1. The van der Waals surface area contributed by atoms with Gasteiger partial charge in [-0.3, -0.25) is 0 Å². The summed E-state index contributed by atoms with van der Waals surface area (Å²) in [7, 11) is 1.66. The van der Waals surface area contributed by atoms with Gasteiger partial charge in [-0.2, -0.15) is 4.37 Å². The predicted molar refractivity (Wildman–Crippen MR) is 78.0 cm³/mol. The highest BCUT2D eigenvalue weighted by molar-refractivity contribution is 7.11. The van der Waals surface area contributed by atoms with Gasteiger partial charge in [0.05, 0.1) is 13.7 Å². The Kier molecular flexibility index (Phi) is 4.46. The number of methoxy groups -OCH3 is 1. The Morgan fingerprint density at radius 2 is 2.16 bits per heavy atom. The Labute approximate surface area is 116 Å². The Balaban J connectivity index is 2.10. The van der Waals surface area contributed by atoms with Crippen molar-refractivity contribution < 1.29 is 9.47 Å². The fraction of sp³-hybridized carbons (Fsp3) is 0.308. The molecule has 1 aromatic heterocycles. The highest BCUT2D eigenvalue weighted by Crippen LogP contribution is 2.35. The molecule has 1 aromatic carbocycles. The number of nitrogen functional groups attached to an aromatic ring is 1. The summed E-state index contributed by atoms with van der Waals surface area (Å²) < 4.78 is 14.9. The van der Waals surface area contributed by atoms with E-state index in [-0.39, 0.29) is 0 Å². The molecule has 0 spiro atoms. The number of para-hydroxylation sites is 1. The topological polar surface area (TPSA) is 69.4 Å². The lowest BCUT2D eigenvalue weighted by atomic mass is 10.2. The first kappa shape index (κ1) is 13.5. The number of nitrogens with zero attached hydrogens (tertiary/aromatic N) is 1. The zero-order valence-corrected chi connectivity index (χ0v) is 11.8. The van der Waals surface area contributed by atoms with Gasteiger partial charge in [0.1, 0.15) is 5.75 Å². The van der Waals surface area contributed by atoms with Crippen LogP contribution in [-0.4, -0.2) is 18.1 Å². The molecule has 0 aliphatic rings. The number of nitrogens with two attached hydrogens (primary N) is 1. The van der Waals surface area contributed by atoms with E-state index in [1.165, 1.54) is 11.5 Å². The van der Waals surface area contributed by atoms with E-state index in [1.807, 2.05) is 31.2 Å². The molecule has 2 rings (SSSR count). The van der Waals surface area contributed by atoms with Crippen molar-refractivity contribution in [2.75, 3.05) is 24.8 Å². The van der Waals surface area contributed by atoms with Crippen LogP contribution in [0.5, 0.6) is 11.5 Å². The molecule has 0 unspecified atom stereocenters. The van der Waals surface area contributed by atoms with Crippen LogP contribution in [0.3, 0.4) is 0 Å². The maximum absolute atomic E-state index is 5.76. The molecule has 5 nitrogen and oxygen atoms in total. The number of hydrogen-bond acceptors (Lipinski definition) is 6. The van der Waals surface area contributed by atoms with E-state index in [9.17, 15) is 0 Å². The minimum atomic E-state index is 0.425. The van der Waals surface area contributed by atoms with Crippen LogP contribution in [0.2, 0.25) is 0 Å². The van der Waals surface area contributed by atoms with Gasteiger partial charge in [0.2, 0.25) is 0 Å². The normalized spacial score (nSPS) is 10.2.